The highest BCUT2D eigenvalue weighted by Crippen LogP contribution is 2.18. The molecule has 26 heavy (non-hydrogen) atoms. The monoisotopic (exact) mass is 353 g/mol. The van der Waals surface area contributed by atoms with Gasteiger partial charge in [0, 0.05) is 50.1 Å². The van der Waals surface area contributed by atoms with Crippen LogP contribution in [0.15, 0.2) is 42.7 Å². The molecule has 2 heterocycles. The van der Waals surface area contributed by atoms with E-state index in [1.807, 2.05) is 18.3 Å². The van der Waals surface area contributed by atoms with Gasteiger partial charge in [-0.3, -0.25) is 4.79 Å². The number of rotatable bonds is 9. The molecule has 0 saturated carbocycles. The number of H-pyrrole nitrogens is 1. The van der Waals surface area contributed by atoms with Crippen LogP contribution in [-0.4, -0.2) is 47.7 Å². The fraction of sp³-hybridized carbons (Fsp3) is 0.316. The molecule has 0 atom stereocenters. The smallest absolute Gasteiger partial charge is 0.270 e. The first-order valence-electron chi connectivity index (χ1n) is 8.67. The number of nitrogens with zero attached hydrogens (tertiary/aromatic N) is 2. The fourth-order valence-electron chi connectivity index (χ4n) is 2.73. The van der Waals surface area contributed by atoms with Gasteiger partial charge in [-0.05, 0) is 30.5 Å². The summed E-state index contributed by atoms with van der Waals surface area (Å²) in [5, 5.41) is 7.22. The van der Waals surface area contributed by atoms with Crippen LogP contribution in [0.5, 0.6) is 0 Å². The maximum Gasteiger partial charge on any atom is 0.270 e. The van der Waals surface area contributed by atoms with E-state index in [4.69, 9.17) is 4.74 Å². The fourth-order valence-corrected chi connectivity index (χ4v) is 2.73. The van der Waals surface area contributed by atoms with Crippen LogP contribution in [0.4, 0.5) is 5.95 Å². The van der Waals surface area contributed by atoms with Crippen molar-refractivity contribution in [2.75, 3.05) is 32.1 Å². The van der Waals surface area contributed by atoms with E-state index >= 15 is 0 Å². The van der Waals surface area contributed by atoms with Gasteiger partial charge in [-0.25, -0.2) is 9.97 Å². The molecule has 3 rings (SSSR count). The number of nitrogens with one attached hydrogen (secondary N) is 3. The zero-order valence-electron chi connectivity index (χ0n) is 14.8. The number of aromatic nitrogens is 3. The molecule has 136 valence electrons. The Labute approximate surface area is 152 Å². The molecule has 0 aliphatic carbocycles. The molecule has 0 unspecified atom stereocenters. The summed E-state index contributed by atoms with van der Waals surface area (Å²) in [5.74, 6) is 0.248. The topological polar surface area (TPSA) is 91.9 Å². The summed E-state index contributed by atoms with van der Waals surface area (Å²) >= 11 is 0. The SMILES string of the molecule is COCCCNC(=O)c1ccnc(NCCc2c[nH]c3ccccc23)n1. The Kier molecular flexibility index (Phi) is 6.16. The zero-order chi connectivity index (χ0) is 18.2. The van der Waals surface area contributed by atoms with E-state index in [2.05, 4.69) is 37.7 Å². The molecule has 0 aliphatic heterocycles. The number of amides is 1. The van der Waals surface area contributed by atoms with E-state index in [1.165, 1.54) is 10.9 Å². The van der Waals surface area contributed by atoms with Crippen molar-refractivity contribution in [3.63, 3.8) is 0 Å². The van der Waals surface area contributed by atoms with Crippen LogP contribution in [0.1, 0.15) is 22.5 Å². The largest absolute Gasteiger partial charge is 0.385 e. The Morgan fingerprint density at radius 3 is 3.00 bits per heavy atom. The second-order valence-corrected chi connectivity index (χ2v) is 5.90. The van der Waals surface area contributed by atoms with Gasteiger partial charge in [0.15, 0.2) is 0 Å². The lowest BCUT2D eigenvalue weighted by atomic mass is 10.1. The minimum absolute atomic E-state index is 0.205. The zero-order valence-corrected chi connectivity index (χ0v) is 14.8. The number of anilines is 1. The summed E-state index contributed by atoms with van der Waals surface area (Å²) in [6, 6.07) is 9.82. The lowest BCUT2D eigenvalue weighted by Crippen LogP contribution is -2.26. The summed E-state index contributed by atoms with van der Waals surface area (Å²) in [4.78, 5) is 23.8. The van der Waals surface area contributed by atoms with Crippen LogP contribution in [0, 0.1) is 0 Å². The molecule has 0 radical (unpaired) electrons. The second kappa shape index (κ2) is 8.96. The summed E-state index contributed by atoms with van der Waals surface area (Å²) in [6.07, 6.45) is 5.21. The molecule has 7 nitrogen and oxygen atoms in total. The van der Waals surface area contributed by atoms with Crippen molar-refractivity contribution in [2.24, 2.45) is 0 Å². The van der Waals surface area contributed by atoms with E-state index < -0.39 is 0 Å². The molecule has 0 spiro atoms. The summed E-state index contributed by atoms with van der Waals surface area (Å²) < 4.78 is 4.96. The minimum Gasteiger partial charge on any atom is -0.385 e. The van der Waals surface area contributed by atoms with Crippen LogP contribution >= 0.6 is 0 Å². The second-order valence-electron chi connectivity index (χ2n) is 5.90. The number of carbonyl (C=O) groups is 1. The van der Waals surface area contributed by atoms with E-state index in [-0.39, 0.29) is 5.91 Å². The number of para-hydroxylation sites is 1. The first-order valence-corrected chi connectivity index (χ1v) is 8.67. The highest BCUT2D eigenvalue weighted by molar-refractivity contribution is 5.92. The molecule has 0 aliphatic rings. The third-order valence-corrected chi connectivity index (χ3v) is 4.05. The van der Waals surface area contributed by atoms with Crippen molar-refractivity contribution in [3.05, 3.63) is 54.0 Å². The summed E-state index contributed by atoms with van der Waals surface area (Å²) in [6.45, 7) is 1.85. The number of hydrogen-bond acceptors (Lipinski definition) is 5. The van der Waals surface area contributed by atoms with Crippen LogP contribution in [-0.2, 0) is 11.2 Å². The van der Waals surface area contributed by atoms with Crippen molar-refractivity contribution in [1.29, 1.82) is 0 Å². The number of fused-ring (bicyclic) bond motifs is 1. The molecule has 7 heteroatoms. The maximum absolute atomic E-state index is 12.1. The highest BCUT2D eigenvalue weighted by Gasteiger charge is 2.08. The van der Waals surface area contributed by atoms with Crippen molar-refractivity contribution in [1.82, 2.24) is 20.3 Å². The maximum atomic E-state index is 12.1. The number of hydrogen-bond donors (Lipinski definition) is 3. The molecule has 0 fully saturated rings. The van der Waals surface area contributed by atoms with E-state index in [9.17, 15) is 4.79 Å². The average Bonchev–Trinajstić information content (AvgIpc) is 3.09. The van der Waals surface area contributed by atoms with Gasteiger partial charge in [0.1, 0.15) is 5.69 Å². The molecule has 2 aromatic heterocycles. The lowest BCUT2D eigenvalue weighted by Gasteiger charge is -2.07. The minimum atomic E-state index is -0.205. The number of carbonyl (C=O) groups excluding carboxylic acids is 1. The van der Waals surface area contributed by atoms with Crippen molar-refractivity contribution >= 4 is 22.8 Å². The molecule has 0 saturated heterocycles. The van der Waals surface area contributed by atoms with Gasteiger partial charge in [-0.1, -0.05) is 18.2 Å². The first kappa shape index (κ1) is 17.9. The Hall–Kier alpha value is -2.93. The van der Waals surface area contributed by atoms with Crippen molar-refractivity contribution < 1.29 is 9.53 Å². The van der Waals surface area contributed by atoms with Crippen molar-refractivity contribution in [3.8, 4) is 0 Å². The lowest BCUT2D eigenvalue weighted by molar-refractivity contribution is 0.0943. The average molecular weight is 353 g/mol. The quantitative estimate of drug-likeness (QED) is 0.514. The molecule has 3 N–H and O–H groups in total. The van der Waals surface area contributed by atoms with Gasteiger partial charge < -0.3 is 20.4 Å². The van der Waals surface area contributed by atoms with Gasteiger partial charge in [0.25, 0.3) is 5.91 Å². The van der Waals surface area contributed by atoms with Gasteiger partial charge in [-0.2, -0.15) is 0 Å². The number of benzene rings is 1. The molecule has 1 aromatic carbocycles. The Morgan fingerprint density at radius 2 is 2.12 bits per heavy atom. The molecule has 0 bridgehead atoms. The molecular formula is C19H23N5O2. The predicted octanol–water partition coefficient (Wildman–Crippen LogP) is 2.38. The Morgan fingerprint density at radius 1 is 1.23 bits per heavy atom. The van der Waals surface area contributed by atoms with Crippen LogP contribution in [0.25, 0.3) is 10.9 Å². The van der Waals surface area contributed by atoms with E-state index in [1.54, 1.807) is 19.4 Å². The Balaban J connectivity index is 1.53. The predicted molar refractivity (Wildman–Crippen MR) is 101 cm³/mol. The number of methoxy groups -OCH3 is 1. The number of ether oxygens (including phenoxy) is 1. The normalized spacial score (nSPS) is 10.8. The standard InChI is InChI=1S/C19H23N5O2/c1-26-12-4-9-20-18(25)17-8-11-22-19(24-17)21-10-7-14-13-23-16-6-3-2-5-15(14)16/h2-3,5-6,8,11,13,23H,4,7,9-10,12H2,1H3,(H,20,25)(H,21,22,24). The highest BCUT2D eigenvalue weighted by atomic mass is 16.5. The van der Waals surface area contributed by atoms with Crippen LogP contribution < -0.4 is 10.6 Å². The molecule has 3 aromatic rings. The molecule has 1 amide bonds. The van der Waals surface area contributed by atoms with Crippen LogP contribution in [0.2, 0.25) is 0 Å². The van der Waals surface area contributed by atoms with Gasteiger partial charge >= 0.3 is 0 Å². The van der Waals surface area contributed by atoms with Gasteiger partial charge in [-0.15, -0.1) is 0 Å². The third-order valence-electron chi connectivity index (χ3n) is 4.05. The van der Waals surface area contributed by atoms with Crippen molar-refractivity contribution in [2.45, 2.75) is 12.8 Å². The van der Waals surface area contributed by atoms with Gasteiger partial charge in [0.2, 0.25) is 5.95 Å². The summed E-state index contributed by atoms with van der Waals surface area (Å²) in [5.41, 5.74) is 2.72. The van der Waals surface area contributed by atoms with E-state index in [0.29, 0.717) is 31.3 Å². The molecular weight excluding hydrogens is 330 g/mol. The first-order chi connectivity index (χ1) is 12.8. The third kappa shape index (κ3) is 4.58. The van der Waals surface area contributed by atoms with E-state index in [0.717, 1.165) is 18.4 Å². The Bertz CT molecular complexity index is 862. The van der Waals surface area contributed by atoms with Gasteiger partial charge in [0.05, 0.1) is 0 Å². The number of aromatic amines is 1. The summed E-state index contributed by atoms with van der Waals surface area (Å²) in [7, 11) is 1.64. The van der Waals surface area contributed by atoms with Crippen LogP contribution in [0.3, 0.4) is 0 Å².